The van der Waals surface area contributed by atoms with Crippen molar-refractivity contribution in [3.8, 4) is 0 Å². The number of carbonyl (C=O) groups is 3. The lowest BCUT2D eigenvalue weighted by atomic mass is 10.0. The fraction of sp³-hybridized carbons (Fsp3) is 0.357. The zero-order chi connectivity index (χ0) is 14.5. The van der Waals surface area contributed by atoms with Crippen molar-refractivity contribution in [2.45, 2.75) is 25.7 Å². The maximum atomic E-state index is 11.7. The molecule has 0 aliphatic carbocycles. The molecule has 0 unspecified atom stereocenters. The Kier molecular flexibility index (Phi) is 4.34. The van der Waals surface area contributed by atoms with Gasteiger partial charge < -0.3 is 15.4 Å². The van der Waals surface area contributed by atoms with Crippen LogP contribution in [0.25, 0.3) is 0 Å². The van der Waals surface area contributed by atoms with E-state index in [-0.39, 0.29) is 24.7 Å². The van der Waals surface area contributed by atoms with Crippen molar-refractivity contribution in [2.75, 3.05) is 17.7 Å². The zero-order valence-corrected chi connectivity index (χ0v) is 11.2. The Hall–Kier alpha value is -2.37. The first-order chi connectivity index (χ1) is 9.58. The van der Waals surface area contributed by atoms with Crippen LogP contribution in [0.4, 0.5) is 11.4 Å². The minimum Gasteiger partial charge on any atom is -0.469 e. The minimum absolute atomic E-state index is 0.00682. The lowest BCUT2D eigenvalue weighted by Crippen LogP contribution is -2.19. The minimum atomic E-state index is -0.409. The van der Waals surface area contributed by atoms with E-state index in [1.807, 2.05) is 6.07 Å². The smallest absolute Gasteiger partial charge is 0.306 e. The molecular formula is C14H16N2O4. The number of ether oxygens (including phenoxy) is 1. The van der Waals surface area contributed by atoms with E-state index < -0.39 is 5.97 Å². The number of fused-ring (bicyclic) bond motifs is 1. The molecule has 0 spiro atoms. The molecule has 0 bridgehead atoms. The number of hydrogen-bond acceptors (Lipinski definition) is 4. The second-order valence-corrected chi connectivity index (χ2v) is 4.54. The van der Waals surface area contributed by atoms with Gasteiger partial charge in [-0.25, -0.2) is 0 Å². The summed E-state index contributed by atoms with van der Waals surface area (Å²) in [5.41, 5.74) is 2.44. The molecule has 2 amide bonds. The molecule has 20 heavy (non-hydrogen) atoms. The van der Waals surface area contributed by atoms with Gasteiger partial charge in [0.1, 0.15) is 0 Å². The standard InChI is InChI=1S/C14H16N2O4/c1-20-14(19)7-6-12(17)15-10-3-4-11-9(8-10)2-5-13(18)16-11/h3-4,8H,2,5-7H2,1H3,(H,15,17)(H,16,18). The lowest BCUT2D eigenvalue weighted by molar-refractivity contribution is -0.141. The number of rotatable bonds is 4. The van der Waals surface area contributed by atoms with Crippen LogP contribution in [0.1, 0.15) is 24.8 Å². The van der Waals surface area contributed by atoms with E-state index in [1.165, 1.54) is 7.11 Å². The molecule has 0 saturated heterocycles. The third kappa shape index (κ3) is 3.57. The van der Waals surface area contributed by atoms with E-state index in [2.05, 4.69) is 15.4 Å². The number of esters is 1. The van der Waals surface area contributed by atoms with Crippen LogP contribution >= 0.6 is 0 Å². The van der Waals surface area contributed by atoms with Crippen LogP contribution in [-0.2, 0) is 25.5 Å². The van der Waals surface area contributed by atoms with Gasteiger partial charge in [-0.2, -0.15) is 0 Å². The van der Waals surface area contributed by atoms with E-state index in [9.17, 15) is 14.4 Å². The third-order valence-electron chi connectivity index (χ3n) is 3.07. The van der Waals surface area contributed by atoms with E-state index in [1.54, 1.807) is 12.1 Å². The summed E-state index contributed by atoms with van der Waals surface area (Å²) in [4.78, 5) is 33.9. The summed E-state index contributed by atoms with van der Waals surface area (Å²) in [5.74, 6) is -0.643. The van der Waals surface area contributed by atoms with Gasteiger partial charge in [0.15, 0.2) is 0 Å². The van der Waals surface area contributed by atoms with Crippen molar-refractivity contribution in [3.63, 3.8) is 0 Å². The molecule has 6 heteroatoms. The zero-order valence-electron chi connectivity index (χ0n) is 11.2. The van der Waals surface area contributed by atoms with Crippen molar-refractivity contribution < 1.29 is 19.1 Å². The molecule has 0 radical (unpaired) electrons. The van der Waals surface area contributed by atoms with E-state index in [4.69, 9.17) is 0 Å². The van der Waals surface area contributed by atoms with Gasteiger partial charge in [0.05, 0.1) is 13.5 Å². The first kappa shape index (κ1) is 14.0. The first-order valence-corrected chi connectivity index (χ1v) is 6.38. The van der Waals surface area contributed by atoms with Crippen LogP contribution in [0.2, 0.25) is 0 Å². The number of aryl methyl sites for hydroxylation is 1. The summed E-state index contributed by atoms with van der Waals surface area (Å²) in [6.45, 7) is 0. The number of nitrogens with one attached hydrogen (secondary N) is 2. The van der Waals surface area contributed by atoms with E-state index in [0.717, 1.165) is 11.3 Å². The van der Waals surface area contributed by atoms with Crippen LogP contribution in [0.15, 0.2) is 18.2 Å². The summed E-state index contributed by atoms with van der Waals surface area (Å²) in [6, 6.07) is 5.33. The Labute approximate surface area is 116 Å². The highest BCUT2D eigenvalue weighted by Gasteiger charge is 2.15. The van der Waals surface area contributed by atoms with Crippen molar-refractivity contribution in [1.29, 1.82) is 0 Å². The van der Waals surface area contributed by atoms with Crippen LogP contribution in [-0.4, -0.2) is 24.9 Å². The number of hydrogen-bond donors (Lipinski definition) is 2. The average molecular weight is 276 g/mol. The van der Waals surface area contributed by atoms with Gasteiger partial charge in [-0.3, -0.25) is 14.4 Å². The van der Waals surface area contributed by atoms with Gasteiger partial charge in [0.25, 0.3) is 0 Å². The van der Waals surface area contributed by atoms with Crippen molar-refractivity contribution in [2.24, 2.45) is 0 Å². The van der Waals surface area contributed by atoms with Gasteiger partial charge >= 0.3 is 5.97 Å². The first-order valence-electron chi connectivity index (χ1n) is 6.38. The molecule has 0 saturated carbocycles. The number of benzene rings is 1. The number of methoxy groups -OCH3 is 1. The number of carbonyl (C=O) groups excluding carboxylic acids is 3. The Balaban J connectivity index is 1.95. The highest BCUT2D eigenvalue weighted by atomic mass is 16.5. The second-order valence-electron chi connectivity index (χ2n) is 4.54. The van der Waals surface area contributed by atoms with E-state index in [0.29, 0.717) is 18.5 Å². The molecule has 1 aromatic carbocycles. The van der Waals surface area contributed by atoms with Crippen LogP contribution in [0.5, 0.6) is 0 Å². The molecule has 0 fully saturated rings. The molecule has 1 heterocycles. The highest BCUT2D eigenvalue weighted by molar-refractivity contribution is 5.96. The topological polar surface area (TPSA) is 84.5 Å². The summed E-state index contributed by atoms with van der Waals surface area (Å²) in [6.07, 6.45) is 1.25. The molecule has 1 aliphatic rings. The Morgan fingerprint density at radius 1 is 1.30 bits per heavy atom. The Morgan fingerprint density at radius 3 is 2.85 bits per heavy atom. The fourth-order valence-electron chi connectivity index (χ4n) is 2.00. The molecule has 1 aromatic rings. The number of anilines is 2. The Bertz CT molecular complexity index is 554. The fourth-order valence-corrected chi connectivity index (χ4v) is 2.00. The molecular weight excluding hydrogens is 260 g/mol. The van der Waals surface area contributed by atoms with E-state index >= 15 is 0 Å². The summed E-state index contributed by atoms with van der Waals surface area (Å²) < 4.78 is 4.48. The maximum absolute atomic E-state index is 11.7. The second kappa shape index (κ2) is 6.18. The monoisotopic (exact) mass is 276 g/mol. The molecule has 2 N–H and O–H groups in total. The molecule has 0 atom stereocenters. The molecule has 2 rings (SSSR count). The Morgan fingerprint density at radius 2 is 2.10 bits per heavy atom. The normalized spacial score (nSPS) is 13.2. The lowest BCUT2D eigenvalue weighted by Gasteiger charge is -2.17. The van der Waals surface area contributed by atoms with Crippen molar-refractivity contribution in [1.82, 2.24) is 0 Å². The predicted octanol–water partition coefficient (Wildman–Crippen LogP) is 1.46. The van der Waals surface area contributed by atoms with Crippen LogP contribution in [0.3, 0.4) is 0 Å². The van der Waals surface area contributed by atoms with Crippen molar-refractivity contribution >= 4 is 29.2 Å². The predicted molar refractivity (Wildman–Crippen MR) is 73.3 cm³/mol. The summed E-state index contributed by atoms with van der Waals surface area (Å²) in [5, 5.41) is 5.50. The molecule has 6 nitrogen and oxygen atoms in total. The molecule has 1 aliphatic heterocycles. The van der Waals surface area contributed by atoms with Gasteiger partial charge in [0, 0.05) is 24.2 Å². The summed E-state index contributed by atoms with van der Waals surface area (Å²) in [7, 11) is 1.29. The van der Waals surface area contributed by atoms with Crippen LogP contribution in [0, 0.1) is 0 Å². The van der Waals surface area contributed by atoms with Gasteiger partial charge in [-0.15, -0.1) is 0 Å². The maximum Gasteiger partial charge on any atom is 0.306 e. The third-order valence-corrected chi connectivity index (χ3v) is 3.07. The highest BCUT2D eigenvalue weighted by Crippen LogP contribution is 2.25. The largest absolute Gasteiger partial charge is 0.469 e. The summed E-state index contributed by atoms with van der Waals surface area (Å²) >= 11 is 0. The van der Waals surface area contributed by atoms with Gasteiger partial charge in [-0.1, -0.05) is 0 Å². The average Bonchev–Trinajstić information content (AvgIpc) is 2.45. The SMILES string of the molecule is COC(=O)CCC(=O)Nc1ccc2c(c1)CCC(=O)N2. The van der Waals surface area contributed by atoms with Crippen LogP contribution < -0.4 is 10.6 Å². The molecule has 0 aromatic heterocycles. The number of amides is 2. The van der Waals surface area contributed by atoms with Crippen molar-refractivity contribution in [3.05, 3.63) is 23.8 Å². The van der Waals surface area contributed by atoms with Gasteiger partial charge in [0.2, 0.25) is 11.8 Å². The van der Waals surface area contributed by atoms with Gasteiger partial charge in [-0.05, 0) is 30.2 Å². The quantitative estimate of drug-likeness (QED) is 0.815. The molecule has 106 valence electrons.